The molecular formula is C25H25N. The lowest BCUT2D eigenvalue weighted by Crippen LogP contribution is -2.47. The molecule has 1 atom stereocenters. The fraction of sp³-hybridized carbons (Fsp3) is 0.280. The molecular weight excluding hydrogens is 314 g/mol. The lowest BCUT2D eigenvalue weighted by atomic mass is 9.66. The highest BCUT2D eigenvalue weighted by Crippen LogP contribution is 2.51. The third-order valence-electron chi connectivity index (χ3n) is 6.26. The van der Waals surface area contributed by atoms with Crippen LogP contribution in [-0.2, 0) is 0 Å². The summed E-state index contributed by atoms with van der Waals surface area (Å²) in [5, 5.41) is 0. The van der Waals surface area contributed by atoms with Gasteiger partial charge in [0.05, 0.1) is 6.04 Å². The number of fused-ring (bicyclic) bond motifs is 5. The van der Waals surface area contributed by atoms with Gasteiger partial charge in [-0.05, 0) is 59.1 Å². The van der Waals surface area contributed by atoms with Crippen LogP contribution in [0.5, 0.6) is 0 Å². The quantitative estimate of drug-likeness (QED) is 0.584. The molecule has 0 saturated heterocycles. The van der Waals surface area contributed by atoms with Gasteiger partial charge in [-0.15, -0.1) is 0 Å². The standard InChI is InChI=1S/C25H25N/c1-25(2)15-8-13-21-22(18-9-4-3-5-10-18)17-23-20-12-7-6-11-19(20)14-16-26(23)24(21)25/h3-7,9-12,14,16-17,24H,8,13,15H2,1-2H3. The van der Waals surface area contributed by atoms with Gasteiger partial charge in [0.1, 0.15) is 0 Å². The topological polar surface area (TPSA) is 3.24 Å². The van der Waals surface area contributed by atoms with Crippen LogP contribution >= 0.6 is 0 Å². The van der Waals surface area contributed by atoms with E-state index in [4.69, 9.17) is 0 Å². The summed E-state index contributed by atoms with van der Waals surface area (Å²) in [5.74, 6) is 0. The molecule has 1 unspecified atom stereocenters. The lowest BCUT2D eigenvalue weighted by Gasteiger charge is -2.51. The molecule has 1 saturated carbocycles. The molecule has 0 amide bonds. The van der Waals surface area contributed by atoms with Gasteiger partial charge < -0.3 is 4.90 Å². The number of rotatable bonds is 1. The minimum absolute atomic E-state index is 0.268. The molecule has 0 radical (unpaired) electrons. The van der Waals surface area contributed by atoms with E-state index in [1.165, 1.54) is 47.2 Å². The van der Waals surface area contributed by atoms with Gasteiger partial charge in [0.25, 0.3) is 0 Å². The third-order valence-corrected chi connectivity index (χ3v) is 6.26. The largest absolute Gasteiger partial charge is 0.340 e. The van der Waals surface area contributed by atoms with Crippen LogP contribution in [0.3, 0.4) is 0 Å². The van der Waals surface area contributed by atoms with Crippen molar-refractivity contribution < 1.29 is 0 Å². The van der Waals surface area contributed by atoms with Crippen molar-refractivity contribution in [3.63, 3.8) is 0 Å². The molecule has 5 rings (SSSR count). The van der Waals surface area contributed by atoms with Gasteiger partial charge in [-0.1, -0.05) is 68.4 Å². The van der Waals surface area contributed by atoms with Gasteiger partial charge in [-0.3, -0.25) is 0 Å². The Morgan fingerprint density at radius 2 is 1.73 bits per heavy atom. The Morgan fingerprint density at radius 3 is 2.58 bits per heavy atom. The van der Waals surface area contributed by atoms with Crippen LogP contribution in [0, 0.1) is 5.41 Å². The lowest BCUT2D eigenvalue weighted by molar-refractivity contribution is 0.162. The number of hydrogen-bond donors (Lipinski definition) is 0. The molecule has 1 fully saturated rings. The molecule has 26 heavy (non-hydrogen) atoms. The van der Waals surface area contributed by atoms with E-state index in [-0.39, 0.29) is 5.41 Å². The summed E-state index contributed by atoms with van der Waals surface area (Å²) in [6.45, 7) is 4.88. The van der Waals surface area contributed by atoms with Crippen molar-refractivity contribution in [1.82, 2.24) is 4.90 Å². The van der Waals surface area contributed by atoms with Crippen molar-refractivity contribution >= 4 is 17.3 Å². The van der Waals surface area contributed by atoms with Crippen LogP contribution in [0.25, 0.3) is 17.3 Å². The van der Waals surface area contributed by atoms with E-state index >= 15 is 0 Å². The highest BCUT2D eigenvalue weighted by Gasteiger charge is 2.43. The summed E-state index contributed by atoms with van der Waals surface area (Å²) in [7, 11) is 0. The molecule has 130 valence electrons. The number of nitrogens with zero attached hydrogens (tertiary/aromatic N) is 1. The molecule has 1 heteroatoms. The zero-order valence-electron chi connectivity index (χ0n) is 15.6. The molecule has 3 aliphatic rings. The monoisotopic (exact) mass is 339 g/mol. The van der Waals surface area contributed by atoms with E-state index in [1.54, 1.807) is 5.57 Å². The van der Waals surface area contributed by atoms with E-state index in [0.29, 0.717) is 6.04 Å². The van der Waals surface area contributed by atoms with Gasteiger partial charge in [0.2, 0.25) is 0 Å². The fourth-order valence-electron chi connectivity index (χ4n) is 5.05. The fourth-order valence-corrected chi connectivity index (χ4v) is 5.05. The maximum Gasteiger partial charge on any atom is 0.0605 e. The van der Waals surface area contributed by atoms with Crippen LogP contribution in [-0.4, -0.2) is 10.9 Å². The summed E-state index contributed by atoms with van der Waals surface area (Å²) in [6, 6.07) is 20.2. The Bertz CT molecular complexity index is 943. The van der Waals surface area contributed by atoms with Crippen molar-refractivity contribution in [3.8, 4) is 0 Å². The maximum absolute atomic E-state index is 2.54. The molecule has 1 nitrogen and oxygen atoms in total. The maximum atomic E-state index is 2.54. The van der Waals surface area contributed by atoms with Crippen molar-refractivity contribution in [3.05, 3.63) is 89.1 Å². The van der Waals surface area contributed by atoms with Gasteiger partial charge in [0, 0.05) is 17.5 Å². The number of benzene rings is 2. The van der Waals surface area contributed by atoms with E-state index in [1.807, 2.05) is 0 Å². The van der Waals surface area contributed by atoms with Gasteiger partial charge in [-0.25, -0.2) is 0 Å². The van der Waals surface area contributed by atoms with Crippen LogP contribution in [0.4, 0.5) is 0 Å². The molecule has 2 aromatic rings. The van der Waals surface area contributed by atoms with Crippen LogP contribution in [0.1, 0.15) is 49.8 Å². The summed E-state index contributed by atoms with van der Waals surface area (Å²) < 4.78 is 0. The first-order valence-corrected chi connectivity index (χ1v) is 9.71. The van der Waals surface area contributed by atoms with Crippen LogP contribution in [0.15, 0.2) is 72.4 Å². The molecule has 0 N–H and O–H groups in total. The van der Waals surface area contributed by atoms with Crippen molar-refractivity contribution in [2.75, 3.05) is 0 Å². The molecule has 0 spiro atoms. The second-order valence-electron chi connectivity index (χ2n) is 8.39. The molecule has 0 bridgehead atoms. The van der Waals surface area contributed by atoms with Gasteiger partial charge in [0.15, 0.2) is 0 Å². The zero-order valence-corrected chi connectivity index (χ0v) is 15.6. The smallest absolute Gasteiger partial charge is 0.0605 e. The molecule has 2 heterocycles. The van der Waals surface area contributed by atoms with E-state index in [9.17, 15) is 0 Å². The molecule has 0 aromatic heterocycles. The Labute approximate surface area is 156 Å². The Morgan fingerprint density at radius 1 is 0.962 bits per heavy atom. The summed E-state index contributed by atoms with van der Waals surface area (Å²) >= 11 is 0. The molecule has 2 aromatic carbocycles. The second-order valence-corrected chi connectivity index (χ2v) is 8.39. The normalized spacial score (nSPS) is 23.1. The SMILES string of the molecule is CC1(C)CCCC2=C(c3ccccc3)C=C3c4ccccc4C=CN3C21. The highest BCUT2D eigenvalue weighted by molar-refractivity contribution is 5.91. The third kappa shape index (κ3) is 2.30. The molecule has 1 aliphatic carbocycles. The van der Waals surface area contributed by atoms with Crippen LogP contribution in [0.2, 0.25) is 0 Å². The average molecular weight is 339 g/mol. The second kappa shape index (κ2) is 5.74. The van der Waals surface area contributed by atoms with E-state index in [0.717, 1.165) is 0 Å². The molecule has 2 aliphatic heterocycles. The predicted molar refractivity (Wildman–Crippen MR) is 110 cm³/mol. The average Bonchev–Trinajstić information content (AvgIpc) is 2.67. The Kier molecular flexibility index (Phi) is 3.46. The van der Waals surface area contributed by atoms with Crippen molar-refractivity contribution in [2.45, 2.75) is 39.2 Å². The van der Waals surface area contributed by atoms with Gasteiger partial charge >= 0.3 is 0 Å². The first-order chi connectivity index (χ1) is 12.6. The summed E-state index contributed by atoms with van der Waals surface area (Å²) in [6.07, 6.45) is 10.8. The zero-order chi connectivity index (χ0) is 17.7. The van der Waals surface area contributed by atoms with Crippen molar-refractivity contribution in [2.24, 2.45) is 5.41 Å². The first kappa shape index (κ1) is 15.7. The summed E-state index contributed by atoms with van der Waals surface area (Å²) in [5.41, 5.74) is 8.70. The van der Waals surface area contributed by atoms with Crippen molar-refractivity contribution in [1.29, 1.82) is 0 Å². The first-order valence-electron chi connectivity index (χ1n) is 9.71. The minimum Gasteiger partial charge on any atom is -0.340 e. The Balaban J connectivity index is 1.77. The summed E-state index contributed by atoms with van der Waals surface area (Å²) in [4.78, 5) is 2.54. The number of allylic oxidation sites excluding steroid dienone is 2. The van der Waals surface area contributed by atoms with E-state index < -0.39 is 0 Å². The minimum atomic E-state index is 0.268. The van der Waals surface area contributed by atoms with E-state index in [2.05, 4.69) is 91.7 Å². The number of hydrogen-bond acceptors (Lipinski definition) is 1. The van der Waals surface area contributed by atoms with Gasteiger partial charge in [-0.2, -0.15) is 0 Å². The predicted octanol–water partition coefficient (Wildman–Crippen LogP) is 6.36. The highest BCUT2D eigenvalue weighted by atomic mass is 15.2. The Hall–Kier alpha value is -2.54. The van der Waals surface area contributed by atoms with Crippen LogP contribution < -0.4 is 0 Å².